The highest BCUT2D eigenvalue weighted by Crippen LogP contribution is 1.89. The van der Waals surface area contributed by atoms with Crippen LogP contribution in [-0.4, -0.2) is 25.3 Å². The highest BCUT2D eigenvalue weighted by molar-refractivity contribution is 4.47. The minimum Gasteiger partial charge on any atom is -0.360 e. The molecular weight excluding hydrogens is 146 g/mol. The van der Waals surface area contributed by atoms with Crippen LogP contribution in [0.4, 0.5) is 0 Å². The first-order valence-corrected chi connectivity index (χ1v) is 3.56. The van der Waals surface area contributed by atoms with Crippen molar-refractivity contribution in [2.75, 3.05) is 6.61 Å². The van der Waals surface area contributed by atoms with Crippen molar-refractivity contribution in [2.24, 2.45) is 17.2 Å². The molecule has 0 radical (unpaired) electrons. The molecule has 5 heteroatoms. The molecule has 5 nitrogen and oxygen atoms in total. The van der Waals surface area contributed by atoms with Crippen LogP contribution >= 0.6 is 0 Å². The molecule has 0 heterocycles. The molecule has 0 saturated heterocycles. The van der Waals surface area contributed by atoms with E-state index < -0.39 is 6.23 Å². The Morgan fingerprint density at radius 3 is 2.00 bits per heavy atom. The fraction of sp³-hybridized carbons (Fsp3) is 1.00. The Hall–Kier alpha value is -0.200. The lowest BCUT2D eigenvalue weighted by molar-refractivity contribution is -0.0608. The zero-order chi connectivity index (χ0) is 8.85. The predicted molar refractivity (Wildman–Crippen MR) is 42.3 cm³/mol. The van der Waals surface area contributed by atoms with Gasteiger partial charge in [0.1, 0.15) is 18.7 Å². The first-order valence-electron chi connectivity index (χ1n) is 3.56. The van der Waals surface area contributed by atoms with E-state index in [-0.39, 0.29) is 19.1 Å². The van der Waals surface area contributed by atoms with Gasteiger partial charge in [-0.05, 0) is 13.8 Å². The third-order valence-corrected chi connectivity index (χ3v) is 0.913. The van der Waals surface area contributed by atoms with Gasteiger partial charge in [-0.2, -0.15) is 0 Å². The quantitative estimate of drug-likeness (QED) is 0.448. The Labute approximate surface area is 66.8 Å². The van der Waals surface area contributed by atoms with Gasteiger partial charge in [0.2, 0.25) is 0 Å². The summed E-state index contributed by atoms with van der Waals surface area (Å²) in [6.45, 7) is 3.68. The minimum atomic E-state index is -0.499. The summed E-state index contributed by atoms with van der Waals surface area (Å²) >= 11 is 0. The highest BCUT2D eigenvalue weighted by atomic mass is 16.6. The SMILES string of the molecule is CC(N)OCC(N)OC(C)N. The highest BCUT2D eigenvalue weighted by Gasteiger charge is 2.05. The summed E-state index contributed by atoms with van der Waals surface area (Å²) in [4.78, 5) is 0. The van der Waals surface area contributed by atoms with E-state index >= 15 is 0 Å². The summed E-state index contributed by atoms with van der Waals surface area (Å²) in [5, 5.41) is 0. The van der Waals surface area contributed by atoms with E-state index in [4.69, 9.17) is 26.7 Å². The summed E-state index contributed by atoms with van der Waals surface area (Å²) in [5.74, 6) is 0. The first-order chi connectivity index (χ1) is 5.02. The van der Waals surface area contributed by atoms with Crippen molar-refractivity contribution in [3.63, 3.8) is 0 Å². The fourth-order valence-corrected chi connectivity index (χ4v) is 0.562. The van der Waals surface area contributed by atoms with Gasteiger partial charge in [-0.3, -0.25) is 0 Å². The van der Waals surface area contributed by atoms with E-state index in [1.54, 1.807) is 13.8 Å². The molecule has 0 fully saturated rings. The van der Waals surface area contributed by atoms with Gasteiger partial charge in [0.25, 0.3) is 0 Å². The first kappa shape index (κ1) is 10.8. The molecule has 0 amide bonds. The third kappa shape index (κ3) is 7.70. The molecule has 0 aliphatic rings. The molecule has 0 aliphatic carbocycles. The van der Waals surface area contributed by atoms with Gasteiger partial charge in [-0.15, -0.1) is 0 Å². The summed E-state index contributed by atoms with van der Waals surface area (Å²) < 4.78 is 9.95. The maximum absolute atomic E-state index is 5.44. The lowest BCUT2D eigenvalue weighted by Gasteiger charge is -2.16. The largest absolute Gasteiger partial charge is 0.360 e. The summed E-state index contributed by atoms with van der Waals surface area (Å²) in [6.07, 6.45) is -1.19. The number of hydrogen-bond acceptors (Lipinski definition) is 5. The van der Waals surface area contributed by atoms with Crippen LogP contribution in [0.2, 0.25) is 0 Å². The number of rotatable bonds is 5. The van der Waals surface area contributed by atoms with Gasteiger partial charge < -0.3 is 26.7 Å². The second-order valence-electron chi connectivity index (χ2n) is 2.42. The lowest BCUT2D eigenvalue weighted by atomic mass is 10.6. The average Bonchev–Trinajstić information content (AvgIpc) is 1.82. The molecule has 11 heavy (non-hydrogen) atoms. The van der Waals surface area contributed by atoms with Crippen molar-refractivity contribution in [3.05, 3.63) is 0 Å². The van der Waals surface area contributed by atoms with E-state index in [2.05, 4.69) is 0 Å². The molecule has 3 atom stereocenters. The molecule has 0 spiro atoms. The van der Waals surface area contributed by atoms with Crippen molar-refractivity contribution in [1.82, 2.24) is 0 Å². The molecule has 0 saturated carbocycles. The maximum Gasteiger partial charge on any atom is 0.131 e. The van der Waals surface area contributed by atoms with Gasteiger partial charge in [0.15, 0.2) is 0 Å². The molecular formula is C6H17N3O2. The van der Waals surface area contributed by atoms with Gasteiger partial charge in [0, 0.05) is 0 Å². The summed E-state index contributed by atoms with van der Waals surface area (Å²) in [6, 6.07) is 0. The maximum atomic E-state index is 5.44. The standard InChI is InChI=1S/C6H17N3O2/c1-4(7)10-3-6(9)11-5(2)8/h4-6H,3,7-9H2,1-2H3. The van der Waals surface area contributed by atoms with Crippen LogP contribution in [0.3, 0.4) is 0 Å². The van der Waals surface area contributed by atoms with Crippen LogP contribution in [-0.2, 0) is 9.47 Å². The molecule has 6 N–H and O–H groups in total. The van der Waals surface area contributed by atoms with Crippen molar-refractivity contribution in [3.8, 4) is 0 Å². The molecule has 3 unspecified atom stereocenters. The number of nitrogens with two attached hydrogens (primary N) is 3. The Balaban J connectivity index is 3.29. The van der Waals surface area contributed by atoms with Crippen molar-refractivity contribution in [2.45, 2.75) is 32.5 Å². The van der Waals surface area contributed by atoms with E-state index in [0.717, 1.165) is 0 Å². The van der Waals surface area contributed by atoms with Crippen LogP contribution in [0, 0.1) is 0 Å². The Kier molecular flexibility index (Phi) is 5.35. The average molecular weight is 163 g/mol. The molecule has 0 bridgehead atoms. The Morgan fingerprint density at radius 2 is 1.64 bits per heavy atom. The predicted octanol–water partition coefficient (Wildman–Crippen LogP) is -1.09. The Bertz CT molecular complexity index is 97.8. The van der Waals surface area contributed by atoms with Crippen LogP contribution < -0.4 is 17.2 Å². The van der Waals surface area contributed by atoms with Crippen LogP contribution in [0.1, 0.15) is 13.8 Å². The second kappa shape index (κ2) is 5.45. The van der Waals surface area contributed by atoms with Crippen molar-refractivity contribution < 1.29 is 9.47 Å². The second-order valence-corrected chi connectivity index (χ2v) is 2.42. The molecule has 0 aromatic rings. The van der Waals surface area contributed by atoms with Crippen LogP contribution in [0.15, 0.2) is 0 Å². The summed E-state index contributed by atoms with van der Waals surface area (Å²) in [7, 11) is 0. The number of ether oxygens (including phenoxy) is 2. The molecule has 0 rings (SSSR count). The normalized spacial score (nSPS) is 19.4. The zero-order valence-electron chi connectivity index (χ0n) is 6.99. The van der Waals surface area contributed by atoms with Crippen LogP contribution in [0.5, 0.6) is 0 Å². The monoisotopic (exact) mass is 163 g/mol. The fourth-order valence-electron chi connectivity index (χ4n) is 0.562. The lowest BCUT2D eigenvalue weighted by Crippen LogP contribution is -2.38. The van der Waals surface area contributed by atoms with Crippen molar-refractivity contribution in [1.29, 1.82) is 0 Å². The van der Waals surface area contributed by atoms with Gasteiger partial charge in [-0.1, -0.05) is 0 Å². The van der Waals surface area contributed by atoms with Gasteiger partial charge in [-0.25, -0.2) is 0 Å². The van der Waals surface area contributed by atoms with Gasteiger partial charge in [0.05, 0.1) is 6.61 Å². The molecule has 68 valence electrons. The van der Waals surface area contributed by atoms with Gasteiger partial charge >= 0.3 is 0 Å². The summed E-state index contributed by atoms with van der Waals surface area (Å²) in [5.41, 5.74) is 16.1. The zero-order valence-corrected chi connectivity index (χ0v) is 6.99. The molecule has 0 aromatic carbocycles. The van der Waals surface area contributed by atoms with Crippen LogP contribution in [0.25, 0.3) is 0 Å². The van der Waals surface area contributed by atoms with E-state index in [1.165, 1.54) is 0 Å². The molecule has 0 aromatic heterocycles. The minimum absolute atomic E-state index is 0.263. The van der Waals surface area contributed by atoms with Crippen molar-refractivity contribution >= 4 is 0 Å². The third-order valence-electron chi connectivity index (χ3n) is 0.913. The van der Waals surface area contributed by atoms with E-state index in [1.807, 2.05) is 0 Å². The van der Waals surface area contributed by atoms with E-state index in [0.29, 0.717) is 0 Å². The van der Waals surface area contributed by atoms with E-state index in [9.17, 15) is 0 Å². The number of hydrogen-bond donors (Lipinski definition) is 3. The topological polar surface area (TPSA) is 96.5 Å². The Morgan fingerprint density at radius 1 is 1.09 bits per heavy atom. The smallest absolute Gasteiger partial charge is 0.131 e. The molecule has 0 aliphatic heterocycles.